The van der Waals surface area contributed by atoms with Crippen molar-refractivity contribution in [3.63, 3.8) is 0 Å². The van der Waals surface area contributed by atoms with Crippen molar-refractivity contribution >= 4 is 11.7 Å². The maximum absolute atomic E-state index is 13.9. The predicted octanol–water partition coefficient (Wildman–Crippen LogP) is 1.28. The minimum Gasteiger partial charge on any atom is -0.508 e. The van der Waals surface area contributed by atoms with Crippen molar-refractivity contribution in [3.05, 3.63) is 24.0 Å². The molecule has 1 saturated heterocycles. The highest BCUT2D eigenvalue weighted by atomic mass is 19.1. The number of esters is 1. The van der Waals surface area contributed by atoms with Gasteiger partial charge in [0, 0.05) is 24.6 Å². The Morgan fingerprint density at radius 1 is 1.55 bits per heavy atom. The average Bonchev–Trinajstić information content (AvgIpc) is 2.67. The van der Waals surface area contributed by atoms with Gasteiger partial charge in [-0.3, -0.25) is 4.79 Å². The molecule has 0 radical (unpaired) electrons. The number of aromatic hydroxyl groups is 1. The number of nitrogens with zero attached hydrogens (tertiary/aromatic N) is 1. The van der Waals surface area contributed by atoms with Crippen LogP contribution in [0.25, 0.3) is 0 Å². The second kappa shape index (κ2) is 5.66. The highest BCUT2D eigenvalue weighted by molar-refractivity contribution is 5.71. The van der Waals surface area contributed by atoms with Gasteiger partial charge in [-0.15, -0.1) is 0 Å². The third kappa shape index (κ3) is 2.70. The number of hydrogen-bond acceptors (Lipinski definition) is 5. The third-order valence-electron chi connectivity index (χ3n) is 3.84. The lowest BCUT2D eigenvalue weighted by Gasteiger charge is -2.28. The van der Waals surface area contributed by atoms with Gasteiger partial charge in [-0.1, -0.05) is 6.92 Å². The zero-order valence-corrected chi connectivity index (χ0v) is 11.4. The van der Waals surface area contributed by atoms with Gasteiger partial charge >= 0.3 is 5.97 Å². The van der Waals surface area contributed by atoms with Crippen molar-refractivity contribution in [2.24, 2.45) is 5.92 Å². The molecule has 1 aromatic rings. The Hall–Kier alpha value is -1.82. The summed E-state index contributed by atoms with van der Waals surface area (Å²) in [6.07, 6.45) is -0.562. The first-order valence-corrected chi connectivity index (χ1v) is 6.44. The number of carbonyl (C=O) groups is 1. The molecule has 0 aromatic heterocycles. The second-order valence-electron chi connectivity index (χ2n) is 5.06. The monoisotopic (exact) mass is 283 g/mol. The highest BCUT2D eigenvalue weighted by Gasteiger charge is 2.40. The molecule has 0 saturated carbocycles. The van der Waals surface area contributed by atoms with E-state index in [2.05, 4.69) is 4.74 Å². The Labute approximate surface area is 116 Å². The molecule has 0 amide bonds. The largest absolute Gasteiger partial charge is 0.508 e. The first-order chi connectivity index (χ1) is 9.43. The molecule has 0 unspecified atom stereocenters. The molecule has 0 spiro atoms. The van der Waals surface area contributed by atoms with E-state index in [0.717, 1.165) is 6.07 Å². The van der Waals surface area contributed by atoms with E-state index < -0.39 is 17.9 Å². The van der Waals surface area contributed by atoms with Gasteiger partial charge in [0.25, 0.3) is 0 Å². The molecule has 2 rings (SSSR count). The number of anilines is 1. The van der Waals surface area contributed by atoms with Gasteiger partial charge in [0.15, 0.2) is 0 Å². The summed E-state index contributed by atoms with van der Waals surface area (Å²) in [7, 11) is 1.30. The van der Waals surface area contributed by atoms with Gasteiger partial charge in [0.2, 0.25) is 0 Å². The number of β-amino-alcohol motifs (C(OH)–C–C–N with tert-alkyl or cyclic N) is 1. The molecular formula is C14H18FNO4. The third-order valence-corrected chi connectivity index (χ3v) is 3.84. The number of carbonyl (C=O) groups excluding carboxylic acids is 1. The number of hydrogen-bond donors (Lipinski definition) is 2. The van der Waals surface area contributed by atoms with Gasteiger partial charge in [-0.25, -0.2) is 4.39 Å². The number of rotatable bonds is 3. The van der Waals surface area contributed by atoms with Crippen molar-refractivity contribution < 1.29 is 24.1 Å². The van der Waals surface area contributed by atoms with Gasteiger partial charge < -0.3 is 19.8 Å². The molecule has 110 valence electrons. The summed E-state index contributed by atoms with van der Waals surface area (Å²) in [5.74, 6) is -1.33. The van der Waals surface area contributed by atoms with Gasteiger partial charge in [-0.2, -0.15) is 0 Å². The minimum atomic E-state index is -0.641. The van der Waals surface area contributed by atoms with E-state index in [1.54, 1.807) is 4.90 Å². The number of ether oxygens (including phenoxy) is 1. The van der Waals surface area contributed by atoms with Crippen LogP contribution >= 0.6 is 0 Å². The van der Waals surface area contributed by atoms with Gasteiger partial charge in [-0.05, 0) is 12.1 Å². The number of methoxy groups -OCH3 is 1. The Morgan fingerprint density at radius 2 is 2.25 bits per heavy atom. The van der Waals surface area contributed by atoms with Crippen LogP contribution in [-0.2, 0) is 9.53 Å². The molecule has 6 heteroatoms. The minimum absolute atomic E-state index is 0.0784. The Balaban J connectivity index is 2.30. The first-order valence-electron chi connectivity index (χ1n) is 6.44. The van der Waals surface area contributed by atoms with Gasteiger partial charge in [0.1, 0.15) is 11.6 Å². The van der Waals surface area contributed by atoms with Crippen LogP contribution in [0.1, 0.15) is 13.3 Å². The van der Waals surface area contributed by atoms with E-state index in [1.165, 1.54) is 19.2 Å². The number of aliphatic hydroxyl groups excluding tert-OH is 1. The highest BCUT2D eigenvalue weighted by Crippen LogP contribution is 2.34. The summed E-state index contributed by atoms with van der Waals surface area (Å²) < 4.78 is 18.6. The van der Waals surface area contributed by atoms with E-state index >= 15 is 0 Å². The van der Waals surface area contributed by atoms with Crippen molar-refractivity contribution in [3.8, 4) is 5.75 Å². The molecule has 1 aromatic carbocycles. The molecule has 5 nitrogen and oxygen atoms in total. The number of halogens is 1. The number of aliphatic hydroxyl groups is 1. The van der Waals surface area contributed by atoms with Crippen LogP contribution < -0.4 is 4.90 Å². The molecule has 20 heavy (non-hydrogen) atoms. The van der Waals surface area contributed by atoms with Crippen LogP contribution in [0.3, 0.4) is 0 Å². The summed E-state index contributed by atoms with van der Waals surface area (Å²) >= 11 is 0. The standard InChI is InChI=1S/C14H18FNO4/c1-8-12(6-14(19)20-2)16(7-13(8)18)11-4-3-9(17)5-10(11)15/h3-5,8,12-13,17-18H,6-7H2,1-2H3/t8-,12-,13-/m0/s1. The van der Waals surface area contributed by atoms with E-state index in [4.69, 9.17) is 0 Å². The molecule has 0 bridgehead atoms. The first kappa shape index (κ1) is 14.6. The van der Waals surface area contributed by atoms with Crippen LogP contribution in [0, 0.1) is 11.7 Å². The van der Waals surface area contributed by atoms with Gasteiger partial charge in [0.05, 0.1) is 25.3 Å². The fourth-order valence-corrected chi connectivity index (χ4v) is 2.60. The van der Waals surface area contributed by atoms with Crippen molar-refractivity contribution in [1.82, 2.24) is 0 Å². The zero-order valence-electron chi connectivity index (χ0n) is 11.4. The number of phenolic OH excluding ortho intramolecular Hbond substituents is 1. The lowest BCUT2D eigenvalue weighted by Crippen LogP contribution is -2.35. The van der Waals surface area contributed by atoms with E-state index in [9.17, 15) is 19.4 Å². The smallest absolute Gasteiger partial charge is 0.307 e. The second-order valence-corrected chi connectivity index (χ2v) is 5.06. The van der Waals surface area contributed by atoms with E-state index in [0.29, 0.717) is 0 Å². The summed E-state index contributed by atoms with van der Waals surface area (Å²) in [6.45, 7) is 2.06. The molecule has 2 N–H and O–H groups in total. The fraction of sp³-hybridized carbons (Fsp3) is 0.500. The Bertz CT molecular complexity index is 508. The Morgan fingerprint density at radius 3 is 2.85 bits per heavy atom. The lowest BCUT2D eigenvalue weighted by molar-refractivity contribution is -0.141. The summed E-state index contributed by atoms with van der Waals surface area (Å²) in [6, 6.07) is 3.50. The fourth-order valence-electron chi connectivity index (χ4n) is 2.60. The predicted molar refractivity (Wildman–Crippen MR) is 71.0 cm³/mol. The van der Waals surface area contributed by atoms with Crippen LogP contribution in [-0.4, -0.2) is 42.0 Å². The molecular weight excluding hydrogens is 265 g/mol. The number of phenols is 1. The molecule has 1 heterocycles. The quantitative estimate of drug-likeness (QED) is 0.818. The van der Waals surface area contributed by atoms with Crippen LogP contribution in [0.2, 0.25) is 0 Å². The van der Waals surface area contributed by atoms with Crippen molar-refractivity contribution in [1.29, 1.82) is 0 Å². The number of benzene rings is 1. The maximum atomic E-state index is 13.9. The van der Waals surface area contributed by atoms with E-state index in [1.807, 2.05) is 6.92 Å². The Kier molecular flexibility index (Phi) is 4.13. The summed E-state index contributed by atoms with van der Waals surface area (Å²) in [4.78, 5) is 13.1. The van der Waals surface area contributed by atoms with Crippen LogP contribution in [0.4, 0.5) is 10.1 Å². The maximum Gasteiger partial charge on any atom is 0.307 e. The SMILES string of the molecule is COC(=O)C[C@H]1[C@H](C)[C@@H](O)CN1c1ccc(O)cc1F. The average molecular weight is 283 g/mol. The molecule has 1 aliphatic heterocycles. The van der Waals surface area contributed by atoms with Crippen LogP contribution in [0.15, 0.2) is 18.2 Å². The topological polar surface area (TPSA) is 70.0 Å². The van der Waals surface area contributed by atoms with Crippen molar-refractivity contribution in [2.75, 3.05) is 18.6 Å². The zero-order chi connectivity index (χ0) is 14.9. The lowest BCUT2D eigenvalue weighted by atomic mass is 9.98. The van der Waals surface area contributed by atoms with E-state index in [-0.39, 0.29) is 36.4 Å². The normalized spacial score (nSPS) is 25.8. The summed E-state index contributed by atoms with van der Waals surface area (Å²) in [5.41, 5.74) is 0.264. The molecule has 0 aliphatic carbocycles. The van der Waals surface area contributed by atoms with Crippen molar-refractivity contribution in [2.45, 2.75) is 25.5 Å². The van der Waals surface area contributed by atoms with Crippen LogP contribution in [0.5, 0.6) is 5.75 Å². The molecule has 3 atom stereocenters. The summed E-state index contributed by atoms with van der Waals surface area (Å²) in [5, 5.41) is 19.2. The molecule has 1 fully saturated rings. The molecule has 1 aliphatic rings.